The van der Waals surface area contributed by atoms with Gasteiger partial charge in [0.1, 0.15) is 6.61 Å². The average molecular weight is 454 g/mol. The maximum absolute atomic E-state index is 12.3. The molecular weight excluding hydrogens is 430 g/mol. The van der Waals surface area contributed by atoms with Gasteiger partial charge in [-0.3, -0.25) is 4.79 Å². The zero-order chi connectivity index (χ0) is 21.8. The summed E-state index contributed by atoms with van der Waals surface area (Å²) in [6.07, 6.45) is 1.14. The highest BCUT2D eigenvalue weighted by atomic mass is 31.1. The van der Waals surface area contributed by atoms with E-state index in [1.807, 2.05) is 54.6 Å². The molecule has 0 radical (unpaired) electrons. The van der Waals surface area contributed by atoms with Crippen molar-refractivity contribution >= 4 is 22.3 Å². The topological polar surface area (TPSA) is 119 Å². The van der Waals surface area contributed by atoms with Crippen LogP contribution in [-0.2, 0) is 22.9 Å². The highest BCUT2D eigenvalue weighted by molar-refractivity contribution is 7.32. The summed E-state index contributed by atoms with van der Waals surface area (Å²) in [7, 11) is -5.96. The lowest BCUT2D eigenvalue weighted by atomic mass is 10.0. The maximum atomic E-state index is 12.3. The summed E-state index contributed by atoms with van der Waals surface area (Å²) in [5, 5.41) is 0. The largest absolute Gasteiger partial charge is 0.697 e. The van der Waals surface area contributed by atoms with Gasteiger partial charge in [0.15, 0.2) is 5.78 Å². The van der Waals surface area contributed by atoms with Crippen LogP contribution in [0.25, 0.3) is 11.1 Å². The number of benzene rings is 2. The molecule has 2 rings (SSSR count). The molecule has 0 aliphatic carbocycles. The molecule has 0 aromatic heterocycles. The molecule has 2 aromatic carbocycles. The van der Waals surface area contributed by atoms with Crippen molar-refractivity contribution in [3.8, 4) is 11.1 Å². The minimum atomic E-state index is -2.98. The summed E-state index contributed by atoms with van der Waals surface area (Å²) < 4.78 is 35.3. The lowest BCUT2D eigenvalue weighted by molar-refractivity contribution is -0.0618. The summed E-state index contributed by atoms with van der Waals surface area (Å²) in [5.41, 5.74) is 2.84. The van der Waals surface area contributed by atoms with Crippen LogP contribution < -0.4 is 0 Å². The van der Waals surface area contributed by atoms with Crippen LogP contribution in [0.3, 0.4) is 0 Å². The number of rotatable bonds is 14. The number of ketones is 1. The Morgan fingerprint density at radius 2 is 1.43 bits per heavy atom. The third-order valence-corrected chi connectivity index (χ3v) is 5.01. The third kappa shape index (κ3) is 9.28. The second kappa shape index (κ2) is 13.4. The van der Waals surface area contributed by atoms with Crippen molar-refractivity contribution in [1.29, 1.82) is 0 Å². The second-order valence-electron chi connectivity index (χ2n) is 6.37. The van der Waals surface area contributed by atoms with E-state index in [1.54, 1.807) is 0 Å². The lowest BCUT2D eigenvalue weighted by Crippen LogP contribution is -2.18. The predicted molar refractivity (Wildman–Crippen MR) is 111 cm³/mol. The molecular formula is C20H24O8P2+2. The van der Waals surface area contributed by atoms with Crippen LogP contribution in [0.1, 0.15) is 36.0 Å². The monoisotopic (exact) mass is 454 g/mol. The van der Waals surface area contributed by atoms with Crippen molar-refractivity contribution in [2.75, 3.05) is 13.2 Å². The molecule has 0 heterocycles. The standard InChI is InChI=1S/C20H22O8P2/c21-19(18-12-10-17(11-13-18)16-7-3-1-4-8-16)9-5-2-6-14-26-15-20(27-29(22)23)28-30(24)25/h1,3-4,7-8,10-13,20H,2,5-6,9,14-15H2/p+2. The molecule has 0 saturated heterocycles. The van der Waals surface area contributed by atoms with Crippen molar-refractivity contribution in [3.05, 3.63) is 60.2 Å². The van der Waals surface area contributed by atoms with Gasteiger partial charge >= 0.3 is 16.5 Å². The van der Waals surface area contributed by atoms with Gasteiger partial charge in [-0.2, -0.15) is 0 Å². The molecule has 8 nitrogen and oxygen atoms in total. The van der Waals surface area contributed by atoms with E-state index in [-0.39, 0.29) is 12.4 Å². The van der Waals surface area contributed by atoms with E-state index in [4.69, 9.17) is 14.5 Å². The minimum Gasteiger partial charge on any atom is -0.376 e. The van der Waals surface area contributed by atoms with Crippen molar-refractivity contribution in [3.63, 3.8) is 0 Å². The van der Waals surface area contributed by atoms with Crippen molar-refractivity contribution in [2.45, 2.75) is 32.0 Å². The molecule has 2 N–H and O–H groups in total. The number of Topliss-reactive ketones (excluding diaryl/α,β-unsaturated/α-hetero) is 1. The molecule has 2 aromatic rings. The van der Waals surface area contributed by atoms with Crippen LogP contribution >= 0.6 is 16.5 Å². The molecule has 2 atom stereocenters. The Kier molecular flexibility index (Phi) is 10.9. The van der Waals surface area contributed by atoms with Crippen molar-refractivity contribution in [2.24, 2.45) is 0 Å². The van der Waals surface area contributed by atoms with E-state index in [1.165, 1.54) is 0 Å². The summed E-state index contributed by atoms with van der Waals surface area (Å²) in [4.78, 5) is 29.6. The number of carbonyl (C=O) groups is 1. The van der Waals surface area contributed by atoms with Gasteiger partial charge in [0.2, 0.25) is 0 Å². The van der Waals surface area contributed by atoms with Crippen LogP contribution in [0.2, 0.25) is 0 Å². The zero-order valence-electron chi connectivity index (χ0n) is 16.3. The fraction of sp³-hybridized carbons (Fsp3) is 0.350. The van der Waals surface area contributed by atoms with Gasteiger partial charge in [-0.1, -0.05) is 70.1 Å². The van der Waals surface area contributed by atoms with Gasteiger partial charge in [-0.05, 0) is 24.0 Å². The molecule has 0 spiro atoms. The average Bonchev–Trinajstić information content (AvgIpc) is 2.72. The van der Waals surface area contributed by atoms with Crippen LogP contribution in [-0.4, -0.2) is 35.1 Å². The first-order valence-corrected chi connectivity index (χ1v) is 11.6. The fourth-order valence-corrected chi connectivity index (χ4v) is 3.43. The zero-order valence-corrected chi connectivity index (χ0v) is 18.0. The van der Waals surface area contributed by atoms with Gasteiger partial charge in [-0.25, -0.2) is 0 Å². The summed E-state index contributed by atoms with van der Waals surface area (Å²) in [6.45, 7) is 0.0452. The first kappa shape index (κ1) is 24.4. The van der Waals surface area contributed by atoms with Crippen molar-refractivity contribution in [1.82, 2.24) is 0 Å². The highest BCUT2D eigenvalue weighted by Crippen LogP contribution is 2.26. The van der Waals surface area contributed by atoms with Gasteiger partial charge in [0.25, 0.3) is 6.29 Å². The van der Waals surface area contributed by atoms with E-state index in [2.05, 4.69) is 9.05 Å². The van der Waals surface area contributed by atoms with E-state index < -0.39 is 22.8 Å². The quantitative estimate of drug-likeness (QED) is 0.181. The third-order valence-electron chi connectivity index (χ3n) is 4.18. The minimum absolute atomic E-state index is 0.0795. The molecule has 0 aliphatic heterocycles. The fourth-order valence-electron chi connectivity index (χ4n) is 2.75. The van der Waals surface area contributed by atoms with E-state index in [9.17, 15) is 13.9 Å². The Balaban J connectivity index is 1.64. The van der Waals surface area contributed by atoms with E-state index >= 15 is 0 Å². The predicted octanol–water partition coefficient (Wildman–Crippen LogP) is 4.77. The molecule has 0 amide bonds. The molecule has 0 saturated carbocycles. The van der Waals surface area contributed by atoms with Crippen LogP contribution in [0.5, 0.6) is 0 Å². The SMILES string of the molecule is O=C(CCCCCOCC(O[P+](=O)O)O[P+](=O)O)c1ccc(-c2ccccc2)cc1. The first-order chi connectivity index (χ1) is 14.5. The Morgan fingerprint density at radius 3 is 2.03 bits per heavy atom. The van der Waals surface area contributed by atoms with Gasteiger partial charge in [0, 0.05) is 27.7 Å². The number of unbranched alkanes of at least 4 members (excludes halogenated alkanes) is 2. The van der Waals surface area contributed by atoms with Crippen LogP contribution in [0.15, 0.2) is 54.6 Å². The molecule has 0 fully saturated rings. The number of hydrogen-bond acceptors (Lipinski definition) is 6. The number of hydrogen-bond donors (Lipinski definition) is 2. The molecule has 10 heteroatoms. The summed E-state index contributed by atoms with van der Waals surface area (Å²) in [6, 6.07) is 17.5. The molecule has 30 heavy (non-hydrogen) atoms. The Bertz CT molecular complexity index is 810. The van der Waals surface area contributed by atoms with Gasteiger partial charge in [0.05, 0.1) is 0 Å². The second-order valence-corrected chi connectivity index (χ2v) is 7.74. The maximum Gasteiger partial charge on any atom is 0.697 e. The van der Waals surface area contributed by atoms with Gasteiger partial charge in [-0.15, -0.1) is 9.79 Å². The first-order valence-electron chi connectivity index (χ1n) is 9.38. The smallest absolute Gasteiger partial charge is 0.376 e. The lowest BCUT2D eigenvalue weighted by Gasteiger charge is -2.06. The van der Waals surface area contributed by atoms with Gasteiger partial charge < -0.3 is 4.74 Å². The Labute approximate surface area is 176 Å². The summed E-state index contributed by atoms with van der Waals surface area (Å²) in [5.74, 6) is 0.0795. The molecule has 160 valence electrons. The highest BCUT2D eigenvalue weighted by Gasteiger charge is 2.32. The van der Waals surface area contributed by atoms with Crippen molar-refractivity contribution < 1.29 is 37.5 Å². The summed E-state index contributed by atoms with van der Waals surface area (Å²) >= 11 is 0. The Hall–Kier alpha value is -1.89. The number of ether oxygens (including phenoxy) is 1. The molecule has 2 unspecified atom stereocenters. The van der Waals surface area contributed by atoms with E-state index in [0.29, 0.717) is 31.4 Å². The number of carbonyl (C=O) groups excluding carboxylic acids is 1. The van der Waals surface area contributed by atoms with Crippen LogP contribution in [0.4, 0.5) is 0 Å². The van der Waals surface area contributed by atoms with E-state index in [0.717, 1.165) is 17.5 Å². The normalized spacial score (nSPS) is 13.0. The molecule has 0 bridgehead atoms. The molecule has 0 aliphatic rings. The Morgan fingerprint density at radius 1 is 0.833 bits per heavy atom. The van der Waals surface area contributed by atoms with Crippen LogP contribution in [0, 0.1) is 0 Å².